The zero-order valence-corrected chi connectivity index (χ0v) is 42.1. The van der Waals surface area contributed by atoms with Crippen molar-refractivity contribution in [3.05, 3.63) is 12.2 Å². The Morgan fingerprint density at radius 1 is 0.648 bits per heavy atom. The van der Waals surface area contributed by atoms with Gasteiger partial charge in [0.25, 0.3) is 0 Å². The van der Waals surface area contributed by atoms with Crippen LogP contribution in [0.3, 0.4) is 0 Å². The summed E-state index contributed by atoms with van der Waals surface area (Å²) in [5, 5.41) is 121. The van der Waals surface area contributed by atoms with E-state index in [1.807, 2.05) is 6.92 Å². The molecule has 1 spiro atoms. The van der Waals surface area contributed by atoms with Crippen molar-refractivity contribution in [1.29, 1.82) is 0 Å². The first-order valence-corrected chi connectivity index (χ1v) is 26.7. The largest absolute Gasteiger partial charge is 0.397 e. The Hall–Kier alpha value is -1.11. The van der Waals surface area contributed by atoms with Crippen LogP contribution in [0.2, 0.25) is 0 Å². The number of allylic oxidation sites excluding steroid dienone is 1. The van der Waals surface area contributed by atoms with Crippen LogP contribution >= 0.6 is 0 Å². The first kappa shape index (κ1) is 54.7. The average molecular weight is 1040 g/mol. The molecule has 9 rings (SSSR count). The van der Waals surface area contributed by atoms with Gasteiger partial charge in [-0.1, -0.05) is 46.8 Å². The molecule has 4 heterocycles. The minimum absolute atomic E-state index is 0.00790. The van der Waals surface area contributed by atoms with Gasteiger partial charge in [-0.05, 0) is 86.4 Å². The molecule has 2 bridgehead atoms. The average Bonchev–Trinajstić information content (AvgIpc) is 3.60. The van der Waals surface area contributed by atoms with Crippen LogP contribution in [-0.4, -0.2) is 212 Å². The normalized spacial score (nSPS) is 57.0. The number of fused-ring (bicyclic) bond motifs is 4. The maximum Gasteiger partial charge on any atom is 0.397 e. The Kier molecular flexibility index (Phi) is 14.5. The standard InChI is InChI=1S/C48H78O22S/c1-22-30(54)37(68-40-35(59)33(57)36(24(18-50)66-40)70-71(60,61)62)38(69-39-34(58)32(56)31(55)23(17-49)65-39)41(64-22)67-29-9-10-43(3)25(44(29,4)20-52)7-11-45(5)26(43)8-12-48-27-15-42(2,19-51)13-14-47(27,21-63-48)28(53)16-46(45,48)6/h8,12,22-41,49-59H,7,9-11,13-21H2,1-6H3,(H,60,61,62)/t22-,23-,24-,25-,26-,27-,28+,29+,30+,31-,32+,33-,34-,35-,36-,37+,38-,39+,40+,41+,42+,43+,44+,45-,46+,47-,48+/m1/s1. The van der Waals surface area contributed by atoms with Crippen molar-refractivity contribution in [2.24, 2.45) is 50.2 Å². The second kappa shape index (κ2) is 18.8. The molecule has 0 amide bonds. The highest BCUT2D eigenvalue weighted by Crippen LogP contribution is 2.79. The third-order valence-corrected chi connectivity index (χ3v) is 21.0. The van der Waals surface area contributed by atoms with Gasteiger partial charge in [-0.15, -0.1) is 0 Å². The molecule has 27 atom stereocenters. The Morgan fingerprint density at radius 3 is 1.93 bits per heavy atom. The van der Waals surface area contributed by atoms with Crippen molar-refractivity contribution in [1.82, 2.24) is 0 Å². The smallest absolute Gasteiger partial charge is 0.396 e. The van der Waals surface area contributed by atoms with Crippen LogP contribution in [0.4, 0.5) is 0 Å². The van der Waals surface area contributed by atoms with E-state index in [1.54, 1.807) is 0 Å². The van der Waals surface area contributed by atoms with E-state index in [2.05, 4.69) is 44.0 Å². The molecule has 0 aromatic heterocycles. The molecule has 0 radical (unpaired) electrons. The van der Waals surface area contributed by atoms with Crippen LogP contribution in [0.15, 0.2) is 12.2 Å². The van der Waals surface area contributed by atoms with Gasteiger partial charge in [0.05, 0.1) is 50.3 Å². The van der Waals surface area contributed by atoms with Crippen LogP contribution in [0.5, 0.6) is 0 Å². The molecule has 408 valence electrons. The van der Waals surface area contributed by atoms with E-state index in [0.29, 0.717) is 32.3 Å². The number of ether oxygens (including phenoxy) is 7. The van der Waals surface area contributed by atoms with Crippen molar-refractivity contribution in [2.45, 2.75) is 203 Å². The molecule has 22 nitrogen and oxygen atoms in total. The van der Waals surface area contributed by atoms with E-state index >= 15 is 0 Å². The molecule has 5 aliphatic carbocycles. The summed E-state index contributed by atoms with van der Waals surface area (Å²) >= 11 is 0. The monoisotopic (exact) mass is 1040 g/mol. The van der Waals surface area contributed by atoms with Crippen molar-refractivity contribution >= 4 is 10.4 Å². The zero-order valence-electron chi connectivity index (χ0n) is 41.3. The molecule has 4 saturated carbocycles. The lowest BCUT2D eigenvalue weighted by Crippen LogP contribution is -2.73. The third-order valence-electron chi connectivity index (χ3n) is 20.5. The molecule has 4 saturated heterocycles. The quantitative estimate of drug-likeness (QED) is 0.0595. The van der Waals surface area contributed by atoms with Crippen LogP contribution in [0.1, 0.15) is 92.9 Å². The minimum Gasteiger partial charge on any atom is -0.396 e. The Bertz CT molecular complexity index is 2080. The van der Waals surface area contributed by atoms with Gasteiger partial charge in [-0.3, -0.25) is 4.55 Å². The van der Waals surface area contributed by atoms with Crippen molar-refractivity contribution < 1.29 is 106 Å². The fourth-order valence-electron chi connectivity index (χ4n) is 16.1. The van der Waals surface area contributed by atoms with E-state index in [9.17, 15) is 69.1 Å². The van der Waals surface area contributed by atoms with E-state index in [1.165, 1.54) is 6.92 Å². The van der Waals surface area contributed by atoms with Crippen LogP contribution < -0.4 is 0 Å². The highest BCUT2D eigenvalue weighted by molar-refractivity contribution is 7.80. The van der Waals surface area contributed by atoms with Gasteiger partial charge in [0, 0.05) is 28.8 Å². The lowest BCUT2D eigenvalue weighted by Gasteiger charge is -2.73. The number of aliphatic hydroxyl groups excluding tert-OH is 11. The van der Waals surface area contributed by atoms with Crippen molar-refractivity contribution in [3.8, 4) is 0 Å². The molecule has 0 aromatic rings. The van der Waals surface area contributed by atoms with Gasteiger partial charge in [0.15, 0.2) is 18.9 Å². The number of hydrogen-bond donors (Lipinski definition) is 12. The maximum absolute atomic E-state index is 12.3. The Balaban J connectivity index is 1.03. The summed E-state index contributed by atoms with van der Waals surface area (Å²) in [6.07, 6.45) is -18.3. The van der Waals surface area contributed by atoms with Gasteiger partial charge in [-0.25, -0.2) is 4.18 Å². The highest BCUT2D eigenvalue weighted by atomic mass is 32.3. The summed E-state index contributed by atoms with van der Waals surface area (Å²) in [5.41, 5.74) is -3.63. The van der Waals surface area contributed by atoms with Crippen molar-refractivity contribution in [2.75, 3.05) is 33.0 Å². The second-order valence-corrected chi connectivity index (χ2v) is 25.1. The summed E-state index contributed by atoms with van der Waals surface area (Å²) in [6, 6.07) is 0. The number of hydrogen-bond acceptors (Lipinski definition) is 21. The van der Waals surface area contributed by atoms with E-state index < -0.39 is 155 Å². The van der Waals surface area contributed by atoms with Crippen LogP contribution in [0.25, 0.3) is 0 Å². The van der Waals surface area contributed by atoms with E-state index in [0.717, 1.165) is 25.7 Å². The fourth-order valence-corrected chi connectivity index (χ4v) is 16.6. The van der Waals surface area contributed by atoms with Gasteiger partial charge in [-0.2, -0.15) is 8.42 Å². The number of aliphatic hydroxyl groups is 11. The fraction of sp³-hybridized carbons (Fsp3) is 0.958. The predicted molar refractivity (Wildman–Crippen MR) is 241 cm³/mol. The molecule has 8 fully saturated rings. The highest BCUT2D eigenvalue weighted by Gasteiger charge is 2.79. The molecule has 23 heteroatoms. The number of rotatable bonds is 12. The molecule has 4 aliphatic heterocycles. The van der Waals surface area contributed by atoms with Crippen molar-refractivity contribution in [3.63, 3.8) is 0 Å². The van der Waals surface area contributed by atoms with Gasteiger partial charge in [0.1, 0.15) is 67.1 Å². The summed E-state index contributed by atoms with van der Waals surface area (Å²) in [6.45, 7) is 10.8. The molecule has 0 aromatic carbocycles. The SMILES string of the molecule is C[C@H]1O[C@@H](O[C@H]2CC[C@@]3(C)[C@@H](CC[C@]4(C)[C@@H]3C=C[C@]35OC[C@@]6(CC[C@](C)(CO)C[C@H]63)[C@@H](O)C[C@]54C)[C@]2(C)CO)[C@H](O[C@@H]2O[C@H](CO)[C@@H](O)[C@H](O)[C@H]2O)[C@@H](O[C@@H]2O[C@H](CO)[C@@H](OS(=O)(=O)O)[C@H](O)[C@H]2O)[C@H]1O. The molecular formula is C48H78O22S. The molecule has 71 heavy (non-hydrogen) atoms. The van der Waals surface area contributed by atoms with E-state index in [4.69, 9.17) is 33.2 Å². The zero-order chi connectivity index (χ0) is 51.8. The third kappa shape index (κ3) is 8.20. The second-order valence-electron chi connectivity index (χ2n) is 24.1. The molecular weight excluding hydrogens is 961 g/mol. The van der Waals surface area contributed by atoms with Gasteiger partial charge < -0.3 is 89.3 Å². The summed E-state index contributed by atoms with van der Waals surface area (Å²) in [5.74, 6) is -0.197. The first-order valence-electron chi connectivity index (χ1n) is 25.3. The lowest BCUT2D eigenvalue weighted by atomic mass is 9.32. The van der Waals surface area contributed by atoms with Crippen LogP contribution in [-0.2, 0) is 47.7 Å². The predicted octanol–water partition coefficient (Wildman–Crippen LogP) is -1.60. The molecule has 12 N–H and O–H groups in total. The Labute approximate surface area is 414 Å². The Morgan fingerprint density at radius 2 is 1.30 bits per heavy atom. The molecule has 9 aliphatic rings. The molecule has 0 unspecified atom stereocenters. The van der Waals surface area contributed by atoms with Gasteiger partial charge in [0.2, 0.25) is 0 Å². The topological polar surface area (TPSA) is 351 Å². The lowest BCUT2D eigenvalue weighted by molar-refractivity contribution is -0.397. The summed E-state index contributed by atoms with van der Waals surface area (Å²) < 4.78 is 81.3. The first-order chi connectivity index (χ1) is 33.2. The van der Waals surface area contributed by atoms with E-state index in [-0.39, 0.29) is 41.8 Å². The minimum atomic E-state index is -5.24. The van der Waals surface area contributed by atoms with Gasteiger partial charge >= 0.3 is 10.4 Å². The summed E-state index contributed by atoms with van der Waals surface area (Å²) in [7, 11) is -5.24. The van der Waals surface area contributed by atoms with Crippen LogP contribution in [0, 0.1) is 50.2 Å². The summed E-state index contributed by atoms with van der Waals surface area (Å²) in [4.78, 5) is 0. The maximum atomic E-state index is 12.3.